The van der Waals surface area contributed by atoms with Crippen molar-refractivity contribution in [3.05, 3.63) is 28.8 Å². The molecule has 2 saturated heterocycles. The molecule has 1 spiro atoms. The highest BCUT2D eigenvalue weighted by Gasteiger charge is 2.42. The molecule has 2 heterocycles. The maximum absolute atomic E-state index is 6.21. The zero-order chi connectivity index (χ0) is 14.9. The van der Waals surface area contributed by atoms with E-state index in [1.165, 1.54) is 5.56 Å². The maximum atomic E-state index is 6.21. The van der Waals surface area contributed by atoms with E-state index < -0.39 is 0 Å². The number of methoxy groups -OCH3 is 1. The van der Waals surface area contributed by atoms with Gasteiger partial charge in [-0.2, -0.15) is 0 Å². The van der Waals surface area contributed by atoms with Crippen LogP contribution in [0.4, 0.5) is 0 Å². The lowest BCUT2D eigenvalue weighted by Crippen LogP contribution is -2.55. The van der Waals surface area contributed by atoms with Crippen molar-refractivity contribution in [2.75, 3.05) is 33.4 Å². The van der Waals surface area contributed by atoms with Gasteiger partial charge in [0.2, 0.25) is 0 Å². The lowest BCUT2D eigenvalue weighted by atomic mass is 9.99. The summed E-state index contributed by atoms with van der Waals surface area (Å²) in [5.41, 5.74) is 1.08. The number of nitrogens with zero attached hydrogens (tertiary/aromatic N) is 1. The van der Waals surface area contributed by atoms with E-state index >= 15 is 0 Å². The van der Waals surface area contributed by atoms with Crippen LogP contribution in [0, 0.1) is 0 Å². The summed E-state index contributed by atoms with van der Waals surface area (Å²) in [6.07, 6.45) is 1.21. The molecule has 2 atom stereocenters. The van der Waals surface area contributed by atoms with E-state index in [1.807, 2.05) is 12.1 Å². The van der Waals surface area contributed by atoms with Crippen molar-refractivity contribution in [2.45, 2.75) is 31.6 Å². The van der Waals surface area contributed by atoms with Gasteiger partial charge in [0.15, 0.2) is 0 Å². The molecule has 0 unspecified atom stereocenters. The number of morpholine rings is 1. The van der Waals surface area contributed by atoms with Crippen molar-refractivity contribution in [2.24, 2.45) is 0 Å². The molecule has 0 saturated carbocycles. The Bertz CT molecular complexity index is 502. The second-order valence-electron chi connectivity index (χ2n) is 6.05. The molecule has 0 radical (unpaired) electrons. The first-order valence-corrected chi connectivity index (χ1v) is 7.78. The molecule has 2 aliphatic rings. The Morgan fingerprint density at radius 3 is 3.00 bits per heavy atom. The quantitative estimate of drug-likeness (QED) is 0.859. The van der Waals surface area contributed by atoms with Crippen LogP contribution >= 0.6 is 11.6 Å². The molecule has 2 aliphatic heterocycles. The van der Waals surface area contributed by atoms with Crippen LogP contribution in [0.5, 0.6) is 5.75 Å². The Labute approximate surface area is 130 Å². The Balaban J connectivity index is 1.70. The average Bonchev–Trinajstić information content (AvgIpc) is 2.85. The van der Waals surface area contributed by atoms with Gasteiger partial charge >= 0.3 is 0 Å². The van der Waals surface area contributed by atoms with Crippen LogP contribution in [0.25, 0.3) is 0 Å². The minimum atomic E-state index is -0.117. The first-order valence-electron chi connectivity index (χ1n) is 7.41. The topological polar surface area (TPSA) is 30.9 Å². The predicted octanol–water partition coefficient (Wildman–Crippen LogP) is 2.73. The van der Waals surface area contributed by atoms with Gasteiger partial charge in [0, 0.05) is 32.7 Å². The molecule has 1 aromatic rings. The standard InChI is InChI=1S/C16H22ClNO3/c1-12-8-18(10-16(21-12)5-6-20-11-16)9-13-3-4-15(19-2)14(17)7-13/h3-4,7,12H,5-6,8-11H2,1-2H3/t12-,16+/m0/s1. The molecule has 2 fully saturated rings. The SMILES string of the molecule is COc1ccc(CN2C[C@H](C)O[C@]3(CCOC3)C2)cc1Cl. The van der Waals surface area contributed by atoms with Crippen LogP contribution in [0.15, 0.2) is 18.2 Å². The summed E-state index contributed by atoms with van der Waals surface area (Å²) >= 11 is 6.21. The second kappa shape index (κ2) is 6.13. The van der Waals surface area contributed by atoms with Gasteiger partial charge in [0.05, 0.1) is 24.8 Å². The summed E-state index contributed by atoms with van der Waals surface area (Å²) in [5.74, 6) is 0.719. The van der Waals surface area contributed by atoms with Gasteiger partial charge < -0.3 is 14.2 Å². The fourth-order valence-electron chi connectivity index (χ4n) is 3.33. The third-order valence-corrected chi connectivity index (χ3v) is 4.46. The number of benzene rings is 1. The number of halogens is 1. The van der Waals surface area contributed by atoms with Gasteiger partial charge in [-0.05, 0) is 24.6 Å². The van der Waals surface area contributed by atoms with Gasteiger partial charge in [0.1, 0.15) is 11.4 Å². The van der Waals surface area contributed by atoms with E-state index in [0.29, 0.717) is 11.6 Å². The predicted molar refractivity (Wildman–Crippen MR) is 82.0 cm³/mol. The van der Waals surface area contributed by atoms with Crippen LogP contribution in [-0.2, 0) is 16.0 Å². The van der Waals surface area contributed by atoms with Crippen LogP contribution in [-0.4, -0.2) is 50.0 Å². The first kappa shape index (κ1) is 15.1. The van der Waals surface area contributed by atoms with E-state index in [0.717, 1.165) is 38.4 Å². The first-order chi connectivity index (χ1) is 10.1. The van der Waals surface area contributed by atoms with E-state index in [-0.39, 0.29) is 11.7 Å². The Morgan fingerprint density at radius 2 is 2.33 bits per heavy atom. The molecule has 1 aromatic carbocycles. The molecular formula is C16H22ClNO3. The van der Waals surface area contributed by atoms with Crippen LogP contribution in [0.3, 0.4) is 0 Å². The fourth-order valence-corrected chi connectivity index (χ4v) is 3.61. The highest BCUT2D eigenvalue weighted by atomic mass is 35.5. The summed E-state index contributed by atoms with van der Waals surface area (Å²) in [6, 6.07) is 5.98. The van der Waals surface area contributed by atoms with E-state index in [4.69, 9.17) is 25.8 Å². The molecule has 5 heteroatoms. The zero-order valence-electron chi connectivity index (χ0n) is 12.6. The Morgan fingerprint density at radius 1 is 1.48 bits per heavy atom. The fraction of sp³-hybridized carbons (Fsp3) is 0.625. The molecule has 3 rings (SSSR count). The van der Waals surface area contributed by atoms with Gasteiger partial charge in [-0.1, -0.05) is 17.7 Å². The molecule has 21 heavy (non-hydrogen) atoms. The van der Waals surface area contributed by atoms with E-state index in [2.05, 4.69) is 17.9 Å². The van der Waals surface area contributed by atoms with Crippen molar-refractivity contribution in [1.29, 1.82) is 0 Å². The number of rotatable bonds is 3. The lowest BCUT2D eigenvalue weighted by Gasteiger charge is -2.43. The van der Waals surface area contributed by atoms with Crippen molar-refractivity contribution in [1.82, 2.24) is 4.90 Å². The van der Waals surface area contributed by atoms with Crippen LogP contribution in [0.1, 0.15) is 18.9 Å². The molecule has 0 aliphatic carbocycles. The second-order valence-corrected chi connectivity index (χ2v) is 6.46. The molecule has 0 aromatic heterocycles. The smallest absolute Gasteiger partial charge is 0.137 e. The molecule has 0 amide bonds. The van der Waals surface area contributed by atoms with Gasteiger partial charge in [-0.3, -0.25) is 4.90 Å². The third kappa shape index (κ3) is 3.34. The summed E-state index contributed by atoms with van der Waals surface area (Å²) in [6.45, 7) is 6.37. The van der Waals surface area contributed by atoms with Crippen molar-refractivity contribution >= 4 is 11.6 Å². The highest BCUT2D eigenvalue weighted by molar-refractivity contribution is 6.32. The van der Waals surface area contributed by atoms with Crippen LogP contribution in [0.2, 0.25) is 5.02 Å². The lowest BCUT2D eigenvalue weighted by molar-refractivity contribution is -0.149. The summed E-state index contributed by atoms with van der Waals surface area (Å²) in [7, 11) is 1.63. The largest absolute Gasteiger partial charge is 0.495 e. The van der Waals surface area contributed by atoms with Gasteiger partial charge in [-0.15, -0.1) is 0 Å². The molecule has 116 valence electrons. The van der Waals surface area contributed by atoms with Crippen LogP contribution < -0.4 is 4.74 Å². The highest BCUT2D eigenvalue weighted by Crippen LogP contribution is 2.31. The zero-order valence-corrected chi connectivity index (χ0v) is 13.4. The van der Waals surface area contributed by atoms with Crippen molar-refractivity contribution < 1.29 is 14.2 Å². The number of hydrogen-bond acceptors (Lipinski definition) is 4. The molecule has 0 N–H and O–H groups in total. The molecular weight excluding hydrogens is 290 g/mol. The Hall–Kier alpha value is -0.810. The summed E-state index contributed by atoms with van der Waals surface area (Å²) in [4.78, 5) is 2.43. The van der Waals surface area contributed by atoms with Crippen molar-refractivity contribution in [3.63, 3.8) is 0 Å². The Kier molecular flexibility index (Phi) is 4.41. The molecule has 0 bridgehead atoms. The van der Waals surface area contributed by atoms with Gasteiger partial charge in [0.25, 0.3) is 0 Å². The maximum Gasteiger partial charge on any atom is 0.137 e. The van der Waals surface area contributed by atoms with Crippen molar-refractivity contribution in [3.8, 4) is 5.75 Å². The average molecular weight is 312 g/mol. The number of hydrogen-bond donors (Lipinski definition) is 0. The number of ether oxygens (including phenoxy) is 3. The third-order valence-electron chi connectivity index (χ3n) is 4.17. The monoisotopic (exact) mass is 311 g/mol. The molecule has 4 nitrogen and oxygen atoms in total. The summed E-state index contributed by atoms with van der Waals surface area (Å²) < 4.78 is 16.9. The van der Waals surface area contributed by atoms with Gasteiger partial charge in [-0.25, -0.2) is 0 Å². The minimum Gasteiger partial charge on any atom is -0.495 e. The summed E-state index contributed by atoms with van der Waals surface area (Å²) in [5, 5.41) is 0.662. The van der Waals surface area contributed by atoms with E-state index in [1.54, 1.807) is 7.11 Å². The minimum absolute atomic E-state index is 0.117. The normalized spacial score (nSPS) is 30.0. The van der Waals surface area contributed by atoms with E-state index in [9.17, 15) is 0 Å².